The largest absolute Gasteiger partial charge is 0.573 e. The van der Waals surface area contributed by atoms with Crippen LogP contribution in [0.15, 0.2) is 18.2 Å². The smallest absolute Gasteiger partial charge is 0.504 e. The highest BCUT2D eigenvalue weighted by atomic mass is 19.4. The van der Waals surface area contributed by atoms with Crippen LogP contribution < -0.4 is 10.5 Å². The number of para-hydroxylation sites is 1. The van der Waals surface area contributed by atoms with E-state index in [0.717, 1.165) is 6.07 Å². The van der Waals surface area contributed by atoms with Crippen LogP contribution in [0.25, 0.3) is 0 Å². The molecule has 7 heteroatoms. The topological polar surface area (TPSA) is 64.7 Å². The third-order valence-electron chi connectivity index (χ3n) is 3.39. The maximum Gasteiger partial charge on any atom is 0.573 e. The summed E-state index contributed by atoms with van der Waals surface area (Å²) >= 11 is 0. The minimum Gasteiger partial charge on any atom is -0.504 e. The summed E-state index contributed by atoms with van der Waals surface area (Å²) in [5, 5.41) is 9.92. The van der Waals surface area contributed by atoms with E-state index in [1.54, 1.807) is 0 Å². The molecule has 0 aromatic heterocycles. The minimum atomic E-state index is -4.85. The fourth-order valence-electron chi connectivity index (χ4n) is 2.34. The van der Waals surface area contributed by atoms with Crippen LogP contribution in [0.5, 0.6) is 11.5 Å². The van der Waals surface area contributed by atoms with Crippen LogP contribution >= 0.6 is 0 Å². The SMILES string of the molecule is N[C@@H](c1cccc(OC(F)(F)F)c1O)C1CCOCC1. The van der Waals surface area contributed by atoms with Gasteiger partial charge in [0.25, 0.3) is 0 Å². The first-order chi connectivity index (χ1) is 9.38. The van der Waals surface area contributed by atoms with E-state index in [2.05, 4.69) is 4.74 Å². The third-order valence-corrected chi connectivity index (χ3v) is 3.39. The first-order valence-corrected chi connectivity index (χ1v) is 6.29. The molecule has 0 radical (unpaired) electrons. The van der Waals surface area contributed by atoms with Gasteiger partial charge in [-0.15, -0.1) is 13.2 Å². The van der Waals surface area contributed by atoms with E-state index in [9.17, 15) is 18.3 Å². The summed E-state index contributed by atoms with van der Waals surface area (Å²) in [6.07, 6.45) is -3.42. The van der Waals surface area contributed by atoms with Gasteiger partial charge in [0.1, 0.15) is 0 Å². The lowest BCUT2D eigenvalue weighted by molar-refractivity contribution is -0.275. The molecule has 0 bridgehead atoms. The number of phenols is 1. The number of nitrogens with two attached hydrogens (primary N) is 1. The second-order valence-electron chi connectivity index (χ2n) is 4.72. The maximum atomic E-state index is 12.2. The first-order valence-electron chi connectivity index (χ1n) is 6.29. The van der Waals surface area contributed by atoms with E-state index in [1.807, 2.05) is 0 Å². The lowest BCUT2D eigenvalue weighted by atomic mass is 9.87. The van der Waals surface area contributed by atoms with Crippen LogP contribution in [0, 0.1) is 5.92 Å². The van der Waals surface area contributed by atoms with E-state index in [0.29, 0.717) is 26.1 Å². The van der Waals surface area contributed by atoms with Gasteiger partial charge in [-0.3, -0.25) is 0 Å². The Hall–Kier alpha value is -1.47. The molecule has 1 saturated heterocycles. The molecule has 0 amide bonds. The first kappa shape index (κ1) is 14.9. The molecular weight excluding hydrogens is 275 g/mol. The van der Waals surface area contributed by atoms with Crippen LogP contribution in [-0.2, 0) is 4.74 Å². The van der Waals surface area contributed by atoms with Crippen LogP contribution in [0.3, 0.4) is 0 Å². The van der Waals surface area contributed by atoms with Gasteiger partial charge in [0, 0.05) is 24.8 Å². The van der Waals surface area contributed by atoms with E-state index in [-0.39, 0.29) is 11.5 Å². The van der Waals surface area contributed by atoms with Crippen LogP contribution in [-0.4, -0.2) is 24.7 Å². The molecule has 1 aliphatic rings. The minimum absolute atomic E-state index is 0.0655. The molecule has 1 fully saturated rings. The Morgan fingerprint density at radius 3 is 2.55 bits per heavy atom. The molecule has 1 aliphatic heterocycles. The van der Waals surface area contributed by atoms with Gasteiger partial charge < -0.3 is 20.3 Å². The highest BCUT2D eigenvalue weighted by Crippen LogP contribution is 2.39. The summed E-state index contributed by atoms with van der Waals surface area (Å²) in [7, 11) is 0. The summed E-state index contributed by atoms with van der Waals surface area (Å²) in [5.74, 6) is -1.11. The molecule has 0 unspecified atom stereocenters. The third kappa shape index (κ3) is 3.55. The van der Waals surface area contributed by atoms with Gasteiger partial charge in [0.2, 0.25) is 0 Å². The van der Waals surface area contributed by atoms with Crippen molar-refractivity contribution in [1.82, 2.24) is 0 Å². The molecule has 3 N–H and O–H groups in total. The van der Waals surface area contributed by atoms with Crippen LogP contribution in [0.4, 0.5) is 13.2 Å². The zero-order valence-corrected chi connectivity index (χ0v) is 10.7. The van der Waals surface area contributed by atoms with Crippen molar-refractivity contribution in [1.29, 1.82) is 0 Å². The van der Waals surface area contributed by atoms with Crippen molar-refractivity contribution in [2.24, 2.45) is 11.7 Å². The van der Waals surface area contributed by atoms with Crippen molar-refractivity contribution in [2.75, 3.05) is 13.2 Å². The van der Waals surface area contributed by atoms with Crippen molar-refractivity contribution in [3.63, 3.8) is 0 Å². The number of halogens is 3. The number of hydrogen-bond donors (Lipinski definition) is 2. The number of rotatable bonds is 3. The molecule has 1 aromatic rings. The quantitative estimate of drug-likeness (QED) is 0.898. The molecular formula is C13H16F3NO3. The lowest BCUT2D eigenvalue weighted by Gasteiger charge is -2.28. The van der Waals surface area contributed by atoms with Gasteiger partial charge >= 0.3 is 6.36 Å². The number of alkyl halides is 3. The highest BCUT2D eigenvalue weighted by molar-refractivity contribution is 5.47. The van der Waals surface area contributed by atoms with Gasteiger partial charge in [0.05, 0.1) is 0 Å². The Kier molecular flexibility index (Phi) is 4.39. The Balaban J connectivity index is 2.21. The summed E-state index contributed by atoms with van der Waals surface area (Å²) in [6.45, 7) is 1.13. The zero-order chi connectivity index (χ0) is 14.8. The fraction of sp³-hybridized carbons (Fsp3) is 0.538. The van der Waals surface area contributed by atoms with Crippen molar-refractivity contribution in [3.8, 4) is 11.5 Å². The van der Waals surface area contributed by atoms with Crippen molar-refractivity contribution < 1.29 is 27.8 Å². The van der Waals surface area contributed by atoms with Crippen LogP contribution in [0.2, 0.25) is 0 Å². The number of benzene rings is 1. The zero-order valence-electron chi connectivity index (χ0n) is 10.7. The van der Waals surface area contributed by atoms with Gasteiger partial charge in [-0.25, -0.2) is 0 Å². The molecule has 112 valence electrons. The molecule has 1 heterocycles. The molecule has 1 aromatic carbocycles. The Morgan fingerprint density at radius 1 is 1.30 bits per heavy atom. The molecule has 0 aliphatic carbocycles. The summed E-state index contributed by atoms with van der Waals surface area (Å²) < 4.78 is 45.7. The summed E-state index contributed by atoms with van der Waals surface area (Å²) in [5.41, 5.74) is 6.31. The van der Waals surface area contributed by atoms with Gasteiger partial charge in [-0.05, 0) is 24.8 Å². The van der Waals surface area contributed by atoms with Gasteiger partial charge in [0.15, 0.2) is 11.5 Å². The number of hydrogen-bond acceptors (Lipinski definition) is 4. The van der Waals surface area contributed by atoms with Crippen molar-refractivity contribution in [2.45, 2.75) is 25.2 Å². The monoisotopic (exact) mass is 291 g/mol. The normalized spacial score (nSPS) is 18.8. The van der Waals surface area contributed by atoms with E-state index < -0.39 is 23.9 Å². The fourth-order valence-corrected chi connectivity index (χ4v) is 2.34. The van der Waals surface area contributed by atoms with Crippen molar-refractivity contribution in [3.05, 3.63) is 23.8 Å². The Morgan fingerprint density at radius 2 is 1.95 bits per heavy atom. The summed E-state index contributed by atoms with van der Waals surface area (Å²) in [6, 6.07) is 3.41. The average Bonchev–Trinajstić information content (AvgIpc) is 2.40. The van der Waals surface area contributed by atoms with Crippen molar-refractivity contribution >= 4 is 0 Å². The number of aromatic hydroxyl groups is 1. The second-order valence-corrected chi connectivity index (χ2v) is 4.72. The molecule has 1 atom stereocenters. The second kappa shape index (κ2) is 5.88. The standard InChI is InChI=1S/C13H16F3NO3/c14-13(15,16)20-10-3-1-2-9(12(10)18)11(17)8-4-6-19-7-5-8/h1-3,8,11,18H,4-7,17H2/t11-/m1/s1. The van der Waals surface area contributed by atoms with Crippen LogP contribution in [0.1, 0.15) is 24.4 Å². The Bertz CT molecular complexity index is 459. The molecule has 0 saturated carbocycles. The predicted octanol–water partition coefficient (Wildman–Crippen LogP) is 2.72. The summed E-state index contributed by atoms with van der Waals surface area (Å²) in [4.78, 5) is 0. The van der Waals surface area contributed by atoms with E-state index >= 15 is 0 Å². The molecule has 0 spiro atoms. The highest BCUT2D eigenvalue weighted by Gasteiger charge is 2.33. The predicted molar refractivity (Wildman–Crippen MR) is 65.3 cm³/mol. The maximum absolute atomic E-state index is 12.2. The number of ether oxygens (including phenoxy) is 2. The number of phenolic OH excluding ortho intramolecular Hbond substituents is 1. The molecule has 4 nitrogen and oxygen atoms in total. The molecule has 2 rings (SSSR count). The van der Waals surface area contributed by atoms with Gasteiger partial charge in [-0.1, -0.05) is 12.1 Å². The van der Waals surface area contributed by atoms with E-state index in [1.165, 1.54) is 12.1 Å². The molecule has 20 heavy (non-hydrogen) atoms. The van der Waals surface area contributed by atoms with E-state index in [4.69, 9.17) is 10.5 Å². The Labute approximate surface area is 114 Å². The van der Waals surface area contributed by atoms with Gasteiger partial charge in [-0.2, -0.15) is 0 Å². The average molecular weight is 291 g/mol. The lowest BCUT2D eigenvalue weighted by Crippen LogP contribution is -2.27.